The zero-order chi connectivity index (χ0) is 11.6. The number of rotatable bonds is 2. The Bertz CT molecular complexity index is 391. The third-order valence-electron chi connectivity index (χ3n) is 2.01. The summed E-state index contributed by atoms with van der Waals surface area (Å²) in [6.45, 7) is 1.01. The Kier molecular flexibility index (Phi) is 3.29. The van der Waals surface area contributed by atoms with E-state index in [1.807, 2.05) is 0 Å². The Morgan fingerprint density at radius 2 is 2.13 bits per heavy atom. The predicted molar refractivity (Wildman–Crippen MR) is 51.9 cm³/mol. The van der Waals surface area contributed by atoms with Gasteiger partial charge in [-0.2, -0.15) is 0 Å². The SMILES string of the molecule is COC(=O)C(C)(F)c1ccc(F)cc1Cl. The lowest BCUT2D eigenvalue weighted by molar-refractivity contribution is -0.154. The first-order chi connectivity index (χ1) is 6.89. The molecule has 1 rings (SSSR count). The van der Waals surface area contributed by atoms with E-state index < -0.39 is 17.5 Å². The molecule has 2 nitrogen and oxygen atoms in total. The van der Waals surface area contributed by atoms with Crippen LogP contribution in [0.2, 0.25) is 5.02 Å². The first kappa shape index (κ1) is 11.9. The van der Waals surface area contributed by atoms with E-state index in [1.54, 1.807) is 0 Å². The molecule has 0 spiro atoms. The third-order valence-corrected chi connectivity index (χ3v) is 2.32. The number of alkyl halides is 1. The van der Waals surface area contributed by atoms with Crippen LogP contribution < -0.4 is 0 Å². The van der Waals surface area contributed by atoms with Gasteiger partial charge in [0.15, 0.2) is 0 Å². The third kappa shape index (κ3) is 2.26. The lowest BCUT2D eigenvalue weighted by Gasteiger charge is -2.18. The van der Waals surface area contributed by atoms with Crippen molar-refractivity contribution in [2.24, 2.45) is 0 Å². The molecule has 0 aliphatic heterocycles. The molecule has 1 aromatic rings. The largest absolute Gasteiger partial charge is 0.466 e. The van der Waals surface area contributed by atoms with E-state index in [0.717, 1.165) is 32.2 Å². The second kappa shape index (κ2) is 4.14. The van der Waals surface area contributed by atoms with Crippen molar-refractivity contribution in [3.8, 4) is 0 Å². The van der Waals surface area contributed by atoms with Crippen LogP contribution in [0.5, 0.6) is 0 Å². The van der Waals surface area contributed by atoms with Crippen LogP contribution in [0.3, 0.4) is 0 Å². The monoisotopic (exact) mass is 234 g/mol. The van der Waals surface area contributed by atoms with Crippen molar-refractivity contribution < 1.29 is 18.3 Å². The molecule has 0 fully saturated rings. The summed E-state index contributed by atoms with van der Waals surface area (Å²) in [5.41, 5.74) is -2.49. The zero-order valence-electron chi connectivity index (χ0n) is 8.18. The molecule has 1 atom stereocenters. The van der Waals surface area contributed by atoms with Gasteiger partial charge in [0.2, 0.25) is 5.67 Å². The average Bonchev–Trinajstić information content (AvgIpc) is 2.15. The Labute approximate surface area is 90.8 Å². The number of methoxy groups -OCH3 is 1. The molecule has 5 heteroatoms. The maximum Gasteiger partial charge on any atom is 0.348 e. The fraction of sp³-hybridized carbons (Fsp3) is 0.300. The van der Waals surface area contributed by atoms with E-state index in [-0.39, 0.29) is 10.6 Å². The molecule has 15 heavy (non-hydrogen) atoms. The minimum absolute atomic E-state index is 0.114. The summed E-state index contributed by atoms with van der Waals surface area (Å²) in [6.07, 6.45) is 0. The van der Waals surface area contributed by atoms with E-state index in [4.69, 9.17) is 11.6 Å². The number of hydrogen-bond acceptors (Lipinski definition) is 2. The summed E-state index contributed by atoms with van der Waals surface area (Å²) in [5, 5.41) is -0.148. The van der Waals surface area contributed by atoms with Gasteiger partial charge < -0.3 is 4.74 Å². The first-order valence-corrected chi connectivity index (χ1v) is 4.50. The molecule has 0 aromatic heterocycles. The van der Waals surface area contributed by atoms with Crippen LogP contribution in [0.25, 0.3) is 0 Å². The molecule has 0 saturated carbocycles. The Hall–Kier alpha value is -1.16. The van der Waals surface area contributed by atoms with E-state index in [9.17, 15) is 13.6 Å². The molecule has 1 unspecified atom stereocenters. The highest BCUT2D eigenvalue weighted by atomic mass is 35.5. The van der Waals surface area contributed by atoms with Crippen LogP contribution in [-0.4, -0.2) is 13.1 Å². The second-order valence-corrected chi connectivity index (χ2v) is 3.53. The van der Waals surface area contributed by atoms with Crippen molar-refractivity contribution in [3.05, 3.63) is 34.6 Å². The van der Waals surface area contributed by atoms with Gasteiger partial charge in [0, 0.05) is 5.56 Å². The number of hydrogen-bond donors (Lipinski definition) is 0. The summed E-state index contributed by atoms with van der Waals surface area (Å²) < 4.78 is 30.9. The number of ether oxygens (including phenoxy) is 1. The molecule has 0 heterocycles. The zero-order valence-corrected chi connectivity index (χ0v) is 8.94. The second-order valence-electron chi connectivity index (χ2n) is 3.12. The average molecular weight is 235 g/mol. The van der Waals surface area contributed by atoms with Crippen LogP contribution in [0.4, 0.5) is 8.78 Å². The maximum absolute atomic E-state index is 13.9. The maximum atomic E-state index is 13.9. The normalized spacial score (nSPS) is 14.5. The lowest BCUT2D eigenvalue weighted by atomic mass is 9.98. The van der Waals surface area contributed by atoms with Gasteiger partial charge >= 0.3 is 5.97 Å². The quantitative estimate of drug-likeness (QED) is 0.736. The summed E-state index contributed by atoms with van der Waals surface area (Å²) in [6, 6.07) is 3.09. The van der Waals surface area contributed by atoms with E-state index in [0.29, 0.717) is 0 Å². The number of carbonyl (C=O) groups is 1. The van der Waals surface area contributed by atoms with E-state index >= 15 is 0 Å². The van der Waals surface area contributed by atoms with Crippen molar-refractivity contribution in [1.29, 1.82) is 0 Å². The van der Waals surface area contributed by atoms with Crippen molar-refractivity contribution in [2.45, 2.75) is 12.6 Å². The van der Waals surface area contributed by atoms with Crippen molar-refractivity contribution >= 4 is 17.6 Å². The Morgan fingerprint density at radius 1 is 1.53 bits per heavy atom. The van der Waals surface area contributed by atoms with Gasteiger partial charge in [0.25, 0.3) is 0 Å². The molecule has 1 aromatic carbocycles. The van der Waals surface area contributed by atoms with Gasteiger partial charge in [-0.1, -0.05) is 17.7 Å². The topological polar surface area (TPSA) is 26.3 Å². The van der Waals surface area contributed by atoms with Crippen molar-refractivity contribution in [2.75, 3.05) is 7.11 Å². The highest BCUT2D eigenvalue weighted by Crippen LogP contribution is 2.32. The molecule has 0 aliphatic carbocycles. The highest BCUT2D eigenvalue weighted by molar-refractivity contribution is 6.31. The minimum atomic E-state index is -2.38. The van der Waals surface area contributed by atoms with Crippen LogP contribution in [0, 0.1) is 5.82 Å². The lowest BCUT2D eigenvalue weighted by Crippen LogP contribution is -2.29. The summed E-state index contributed by atoms with van der Waals surface area (Å²) >= 11 is 5.63. The highest BCUT2D eigenvalue weighted by Gasteiger charge is 2.38. The predicted octanol–water partition coefficient (Wildman–Crippen LogP) is 2.84. The molecular formula is C10H9ClF2O2. The fourth-order valence-corrected chi connectivity index (χ4v) is 1.52. The number of benzene rings is 1. The molecular weight excluding hydrogens is 226 g/mol. The first-order valence-electron chi connectivity index (χ1n) is 4.12. The Morgan fingerprint density at radius 3 is 2.60 bits per heavy atom. The minimum Gasteiger partial charge on any atom is -0.466 e. The van der Waals surface area contributed by atoms with Crippen LogP contribution in [0.1, 0.15) is 12.5 Å². The van der Waals surface area contributed by atoms with Gasteiger partial charge in [-0.25, -0.2) is 13.6 Å². The summed E-state index contributed by atoms with van der Waals surface area (Å²) in [5.74, 6) is -1.67. The summed E-state index contributed by atoms with van der Waals surface area (Å²) in [7, 11) is 1.07. The standard InChI is InChI=1S/C10H9ClF2O2/c1-10(13,9(14)15-2)7-4-3-6(12)5-8(7)11/h3-5H,1-2H3. The molecule has 82 valence electrons. The molecule has 0 amide bonds. The molecule has 0 N–H and O–H groups in total. The molecule has 0 bridgehead atoms. The van der Waals surface area contributed by atoms with Gasteiger partial charge in [0.05, 0.1) is 12.1 Å². The van der Waals surface area contributed by atoms with Gasteiger partial charge in [-0.05, 0) is 19.1 Å². The number of esters is 1. The number of carbonyl (C=O) groups excluding carboxylic acids is 1. The smallest absolute Gasteiger partial charge is 0.348 e. The van der Waals surface area contributed by atoms with E-state index in [1.165, 1.54) is 0 Å². The van der Waals surface area contributed by atoms with Crippen LogP contribution in [-0.2, 0) is 15.2 Å². The number of halogens is 3. The van der Waals surface area contributed by atoms with Crippen molar-refractivity contribution in [3.63, 3.8) is 0 Å². The van der Waals surface area contributed by atoms with Gasteiger partial charge in [0.1, 0.15) is 5.82 Å². The van der Waals surface area contributed by atoms with Gasteiger partial charge in [-0.15, -0.1) is 0 Å². The fourth-order valence-electron chi connectivity index (χ4n) is 1.17. The molecule has 0 radical (unpaired) electrons. The van der Waals surface area contributed by atoms with Crippen molar-refractivity contribution in [1.82, 2.24) is 0 Å². The summed E-state index contributed by atoms with van der Waals surface area (Å²) in [4.78, 5) is 11.1. The molecule has 0 saturated heterocycles. The van der Waals surface area contributed by atoms with Gasteiger partial charge in [-0.3, -0.25) is 0 Å². The Balaban J connectivity index is 3.21. The molecule has 0 aliphatic rings. The van der Waals surface area contributed by atoms with Crippen LogP contribution in [0.15, 0.2) is 18.2 Å². The van der Waals surface area contributed by atoms with E-state index in [2.05, 4.69) is 4.74 Å². The van der Waals surface area contributed by atoms with Crippen LogP contribution >= 0.6 is 11.6 Å².